The molecule has 1 fully saturated rings. The lowest BCUT2D eigenvalue weighted by atomic mass is 10.1. The fourth-order valence-electron chi connectivity index (χ4n) is 3.06. The minimum absolute atomic E-state index is 0.732. The Balaban J connectivity index is 1.97. The molecular weight excluding hydrogens is 246 g/mol. The van der Waals surface area contributed by atoms with Gasteiger partial charge in [0.05, 0.1) is 0 Å². The summed E-state index contributed by atoms with van der Waals surface area (Å²) in [5.41, 5.74) is 0. The molecule has 0 spiro atoms. The van der Waals surface area contributed by atoms with Crippen LogP contribution >= 0.6 is 0 Å². The lowest BCUT2D eigenvalue weighted by Crippen LogP contribution is -2.38. The van der Waals surface area contributed by atoms with Crippen molar-refractivity contribution in [1.82, 2.24) is 15.1 Å². The van der Waals surface area contributed by atoms with E-state index in [9.17, 15) is 0 Å². The summed E-state index contributed by atoms with van der Waals surface area (Å²) in [6.45, 7) is 14.4. The highest BCUT2D eigenvalue weighted by molar-refractivity contribution is 4.75. The molecule has 0 bridgehead atoms. The van der Waals surface area contributed by atoms with Crippen molar-refractivity contribution >= 4 is 0 Å². The Morgan fingerprint density at radius 3 is 2.60 bits per heavy atom. The maximum Gasteiger partial charge on any atom is 0.0194 e. The van der Waals surface area contributed by atoms with Gasteiger partial charge in [-0.1, -0.05) is 26.7 Å². The highest BCUT2D eigenvalue weighted by Crippen LogP contribution is 2.10. The molecule has 20 heavy (non-hydrogen) atoms. The van der Waals surface area contributed by atoms with E-state index >= 15 is 0 Å². The molecule has 0 radical (unpaired) electrons. The third-order valence-corrected chi connectivity index (χ3v) is 4.29. The summed E-state index contributed by atoms with van der Waals surface area (Å²) >= 11 is 0. The van der Waals surface area contributed by atoms with Gasteiger partial charge in [-0.2, -0.15) is 0 Å². The molecule has 1 rings (SSSR count). The highest BCUT2D eigenvalue weighted by atomic mass is 15.2. The number of unbranched alkanes of at least 4 members (excludes halogenated alkanes) is 3. The molecule has 1 atom stereocenters. The predicted octanol–water partition coefficient (Wildman–Crippen LogP) is 2.82. The molecule has 0 amide bonds. The number of nitrogens with one attached hydrogen (secondary N) is 1. The first-order valence-corrected chi connectivity index (χ1v) is 8.73. The molecular formula is C17H37N3. The average Bonchev–Trinajstić information content (AvgIpc) is 2.53. The van der Waals surface area contributed by atoms with Gasteiger partial charge >= 0.3 is 0 Å². The number of hydrogen-bond acceptors (Lipinski definition) is 3. The summed E-state index contributed by atoms with van der Waals surface area (Å²) < 4.78 is 0. The summed E-state index contributed by atoms with van der Waals surface area (Å²) in [6.07, 6.45) is 6.82. The number of likely N-dealkylation sites (N-methyl/N-ethyl adjacent to an activating group) is 1. The van der Waals surface area contributed by atoms with Crippen LogP contribution < -0.4 is 5.32 Å². The van der Waals surface area contributed by atoms with Crippen LogP contribution in [0, 0.1) is 5.92 Å². The summed E-state index contributed by atoms with van der Waals surface area (Å²) in [5, 5.41) is 3.53. The first-order chi connectivity index (χ1) is 9.59. The first-order valence-electron chi connectivity index (χ1n) is 8.73. The second-order valence-corrected chi connectivity index (χ2v) is 7.01. The van der Waals surface area contributed by atoms with Crippen molar-refractivity contribution in [2.75, 3.05) is 46.3 Å². The van der Waals surface area contributed by atoms with Gasteiger partial charge < -0.3 is 10.2 Å². The van der Waals surface area contributed by atoms with Gasteiger partial charge in [-0.3, -0.25) is 4.90 Å². The van der Waals surface area contributed by atoms with Crippen LogP contribution in [-0.4, -0.2) is 62.2 Å². The van der Waals surface area contributed by atoms with Crippen molar-refractivity contribution in [2.24, 2.45) is 5.92 Å². The van der Waals surface area contributed by atoms with Crippen LogP contribution in [0.1, 0.15) is 52.9 Å². The van der Waals surface area contributed by atoms with Crippen molar-refractivity contribution in [2.45, 2.75) is 58.9 Å². The van der Waals surface area contributed by atoms with Gasteiger partial charge in [-0.25, -0.2) is 0 Å². The maximum absolute atomic E-state index is 3.53. The molecule has 0 aliphatic carbocycles. The van der Waals surface area contributed by atoms with E-state index in [-0.39, 0.29) is 0 Å². The predicted molar refractivity (Wildman–Crippen MR) is 89.3 cm³/mol. The Morgan fingerprint density at radius 1 is 1.10 bits per heavy atom. The van der Waals surface area contributed by atoms with Gasteiger partial charge in [-0.15, -0.1) is 0 Å². The van der Waals surface area contributed by atoms with Crippen LogP contribution in [0.5, 0.6) is 0 Å². The first kappa shape index (κ1) is 17.9. The lowest BCUT2D eigenvalue weighted by Gasteiger charge is -2.27. The molecule has 0 aromatic rings. The van der Waals surface area contributed by atoms with Gasteiger partial charge in [-0.05, 0) is 71.9 Å². The zero-order valence-electron chi connectivity index (χ0n) is 14.3. The van der Waals surface area contributed by atoms with E-state index < -0.39 is 0 Å². The molecule has 120 valence electrons. The Hall–Kier alpha value is -0.120. The van der Waals surface area contributed by atoms with E-state index in [1.807, 2.05) is 0 Å². The van der Waals surface area contributed by atoms with E-state index in [4.69, 9.17) is 0 Å². The fraction of sp³-hybridized carbons (Fsp3) is 1.00. The monoisotopic (exact) mass is 283 g/mol. The quantitative estimate of drug-likeness (QED) is 0.657. The fourth-order valence-corrected chi connectivity index (χ4v) is 3.06. The van der Waals surface area contributed by atoms with Crippen molar-refractivity contribution in [1.29, 1.82) is 0 Å². The zero-order valence-corrected chi connectivity index (χ0v) is 14.3. The number of hydrogen-bond donors (Lipinski definition) is 1. The molecule has 3 nitrogen and oxygen atoms in total. The highest BCUT2D eigenvalue weighted by Gasteiger charge is 2.18. The second-order valence-electron chi connectivity index (χ2n) is 7.01. The summed E-state index contributed by atoms with van der Waals surface area (Å²) in [6, 6.07) is 0.732. The molecule has 0 aromatic carbocycles. The molecule has 1 saturated heterocycles. The molecule has 1 heterocycles. The topological polar surface area (TPSA) is 18.5 Å². The van der Waals surface area contributed by atoms with Crippen LogP contribution in [0.15, 0.2) is 0 Å². The molecule has 0 aromatic heterocycles. The smallest absolute Gasteiger partial charge is 0.0194 e. The summed E-state index contributed by atoms with van der Waals surface area (Å²) in [5.74, 6) is 0.776. The van der Waals surface area contributed by atoms with Crippen LogP contribution in [-0.2, 0) is 0 Å². The zero-order chi connectivity index (χ0) is 14.8. The molecule has 0 saturated carbocycles. The normalized spacial score (nSPS) is 22.4. The second kappa shape index (κ2) is 10.6. The van der Waals surface area contributed by atoms with Crippen LogP contribution in [0.4, 0.5) is 0 Å². The van der Waals surface area contributed by atoms with Crippen LogP contribution in [0.25, 0.3) is 0 Å². The molecule has 1 aliphatic rings. The van der Waals surface area contributed by atoms with E-state index in [0.717, 1.165) is 12.0 Å². The van der Waals surface area contributed by atoms with Gasteiger partial charge in [0.1, 0.15) is 0 Å². The van der Waals surface area contributed by atoms with E-state index in [2.05, 4.69) is 42.9 Å². The Labute approximate surface area is 127 Å². The summed E-state index contributed by atoms with van der Waals surface area (Å²) in [4.78, 5) is 5.17. The van der Waals surface area contributed by atoms with Crippen molar-refractivity contribution < 1.29 is 0 Å². The van der Waals surface area contributed by atoms with E-state index in [0.29, 0.717) is 0 Å². The molecule has 1 aliphatic heterocycles. The standard InChI is InChI=1S/C17H37N3/c1-16(2)14-18-10-7-5-6-8-12-20-13-9-11-19(4)15-17(20)3/h16-18H,5-15H2,1-4H3. The Morgan fingerprint density at radius 2 is 1.85 bits per heavy atom. The largest absolute Gasteiger partial charge is 0.316 e. The van der Waals surface area contributed by atoms with Gasteiger partial charge in [0.15, 0.2) is 0 Å². The molecule has 1 N–H and O–H groups in total. The number of nitrogens with zero attached hydrogens (tertiary/aromatic N) is 2. The molecule has 3 heteroatoms. The van der Waals surface area contributed by atoms with Crippen molar-refractivity contribution in [3.8, 4) is 0 Å². The van der Waals surface area contributed by atoms with E-state index in [1.54, 1.807) is 0 Å². The maximum atomic E-state index is 3.53. The van der Waals surface area contributed by atoms with E-state index in [1.165, 1.54) is 71.4 Å². The van der Waals surface area contributed by atoms with Gasteiger partial charge in [0.25, 0.3) is 0 Å². The van der Waals surface area contributed by atoms with Crippen molar-refractivity contribution in [3.63, 3.8) is 0 Å². The third kappa shape index (κ3) is 8.23. The summed E-state index contributed by atoms with van der Waals surface area (Å²) in [7, 11) is 2.25. The molecule has 1 unspecified atom stereocenters. The minimum Gasteiger partial charge on any atom is -0.316 e. The van der Waals surface area contributed by atoms with Gasteiger partial charge in [0, 0.05) is 12.6 Å². The Kier molecular flexibility index (Phi) is 9.49. The van der Waals surface area contributed by atoms with Crippen LogP contribution in [0.3, 0.4) is 0 Å². The average molecular weight is 284 g/mol. The minimum atomic E-state index is 0.732. The van der Waals surface area contributed by atoms with Gasteiger partial charge in [0.2, 0.25) is 0 Å². The van der Waals surface area contributed by atoms with Crippen LogP contribution in [0.2, 0.25) is 0 Å². The lowest BCUT2D eigenvalue weighted by molar-refractivity contribution is 0.198. The van der Waals surface area contributed by atoms with Crippen molar-refractivity contribution in [3.05, 3.63) is 0 Å². The number of rotatable bonds is 9. The SMILES string of the molecule is CC(C)CNCCCCCCN1CCCN(C)CC1C. The third-order valence-electron chi connectivity index (χ3n) is 4.29. The Bertz CT molecular complexity index is 230.